The predicted octanol–water partition coefficient (Wildman–Crippen LogP) is 7.09. The molecule has 442 valence electrons. The molecule has 4 amide bonds. The predicted molar refractivity (Wildman–Crippen MR) is 305 cm³/mol. The standard InChI is InChI=1S/C62H105N7O9/c1-7-68(51-24-29-74-30-25-51)56-39-50(38-54(44(56)4)60(71)64-40-55-42(2)37-43(3)65-61(55)72)47-15-19-53(20-16-47)78-36-34-76-32-31-75-33-35-77-52-17-13-46(14-18-52)21-26-67-27-22-48-23-28-69(57(48)41-67)62(73)58(49-11-9-8-10-12-49)66-59(70)45(5)63-6/h43,45-53,56-58,63H,7-41H2,1-6H3,(H,64,71)(H,65,72)(H,66,70). The van der Waals surface area contributed by atoms with E-state index in [1.807, 2.05) is 20.8 Å². The third-order valence-corrected chi connectivity index (χ3v) is 20.2. The monoisotopic (exact) mass is 1090 g/mol. The third-order valence-electron chi connectivity index (χ3n) is 20.2. The molecule has 4 heterocycles. The lowest BCUT2D eigenvalue weighted by atomic mass is 9.69. The molecule has 0 bridgehead atoms. The number of carbonyl (C=O) groups excluding carboxylic acids is 4. The minimum absolute atomic E-state index is 0.0164. The van der Waals surface area contributed by atoms with Crippen LogP contribution in [0.2, 0.25) is 0 Å². The van der Waals surface area contributed by atoms with Gasteiger partial charge in [-0.05, 0) is 205 Å². The lowest BCUT2D eigenvalue weighted by Crippen LogP contribution is -2.58. The van der Waals surface area contributed by atoms with Crippen molar-refractivity contribution >= 4 is 23.6 Å². The Morgan fingerprint density at radius 2 is 1.44 bits per heavy atom. The van der Waals surface area contributed by atoms with Crippen LogP contribution in [0.5, 0.6) is 0 Å². The zero-order chi connectivity index (χ0) is 55.0. The highest BCUT2D eigenvalue weighted by Crippen LogP contribution is 2.44. The van der Waals surface area contributed by atoms with Crippen LogP contribution in [0.1, 0.15) is 169 Å². The van der Waals surface area contributed by atoms with Gasteiger partial charge >= 0.3 is 0 Å². The van der Waals surface area contributed by atoms with Gasteiger partial charge in [-0.1, -0.05) is 31.8 Å². The van der Waals surface area contributed by atoms with Crippen molar-refractivity contribution < 1.29 is 42.9 Å². The first-order valence-corrected chi connectivity index (χ1v) is 31.6. The van der Waals surface area contributed by atoms with Crippen LogP contribution in [-0.4, -0.2) is 186 Å². The molecule has 16 nitrogen and oxygen atoms in total. The van der Waals surface area contributed by atoms with Gasteiger partial charge in [-0.15, -0.1) is 0 Å². The van der Waals surface area contributed by atoms with E-state index in [9.17, 15) is 19.2 Å². The third kappa shape index (κ3) is 16.8. The van der Waals surface area contributed by atoms with Gasteiger partial charge in [0.15, 0.2) is 0 Å². The molecule has 0 aromatic carbocycles. The molecular weight excluding hydrogens is 987 g/mol. The molecule has 0 spiro atoms. The molecule has 3 saturated heterocycles. The second-order valence-electron chi connectivity index (χ2n) is 25.1. The Labute approximate surface area is 469 Å². The quantitative estimate of drug-likeness (QED) is 0.0650. The first-order valence-electron chi connectivity index (χ1n) is 31.6. The second-order valence-corrected chi connectivity index (χ2v) is 25.1. The van der Waals surface area contributed by atoms with Crippen molar-refractivity contribution in [2.24, 2.45) is 29.6 Å². The molecule has 8 aliphatic rings. The topological polar surface area (TPSA) is 172 Å². The Bertz CT molecular complexity index is 1970. The normalized spacial score (nSPS) is 30.8. The number of fused-ring (bicyclic) bond motifs is 1. The fourth-order valence-corrected chi connectivity index (χ4v) is 15.2. The number of nitrogens with one attached hydrogen (secondary N) is 4. The fourth-order valence-electron chi connectivity index (χ4n) is 15.2. The summed E-state index contributed by atoms with van der Waals surface area (Å²) in [7, 11) is 1.80. The Hall–Kier alpha value is -2.96. The van der Waals surface area contributed by atoms with E-state index in [0.29, 0.717) is 75.1 Å². The van der Waals surface area contributed by atoms with E-state index in [4.69, 9.17) is 23.7 Å². The van der Waals surface area contributed by atoms with E-state index in [0.717, 1.165) is 172 Å². The van der Waals surface area contributed by atoms with Gasteiger partial charge in [-0.25, -0.2) is 0 Å². The maximum Gasteiger partial charge on any atom is 0.249 e. The second kappa shape index (κ2) is 30.9. The molecule has 16 heteroatoms. The molecule has 4 N–H and O–H groups in total. The summed E-state index contributed by atoms with van der Waals surface area (Å²) < 4.78 is 30.2. The fraction of sp³-hybridized carbons (Fsp3) is 0.871. The smallest absolute Gasteiger partial charge is 0.249 e. The summed E-state index contributed by atoms with van der Waals surface area (Å²) in [5.41, 5.74) is 3.88. The number of nitrogens with zero attached hydrogens (tertiary/aromatic N) is 3. The number of likely N-dealkylation sites (N-methyl/N-ethyl adjacent to an activating group) is 2. The highest BCUT2D eigenvalue weighted by molar-refractivity contribution is 5.99. The number of piperidine rings is 1. The summed E-state index contributed by atoms with van der Waals surface area (Å²) in [4.78, 5) is 61.7. The number of amides is 4. The summed E-state index contributed by atoms with van der Waals surface area (Å²) in [5, 5.41) is 12.5. The summed E-state index contributed by atoms with van der Waals surface area (Å²) in [6, 6.07) is 0.326. The van der Waals surface area contributed by atoms with Crippen LogP contribution < -0.4 is 21.3 Å². The minimum atomic E-state index is -0.413. The van der Waals surface area contributed by atoms with E-state index in [1.165, 1.54) is 31.3 Å². The molecule has 3 saturated carbocycles. The molecule has 0 aromatic rings. The van der Waals surface area contributed by atoms with Crippen LogP contribution in [0, 0.1) is 29.6 Å². The number of hydrogen-bond acceptors (Lipinski definition) is 12. The van der Waals surface area contributed by atoms with Gasteiger partial charge in [0.25, 0.3) is 0 Å². The SMILES string of the molecule is CCN(C1CCOCC1)C1CC(C2CCC(OCCOCCOCCOC3CCC(CCN4CCC5CCN(C(=O)C(NC(=O)C(C)NC)C6CCCCC6)C5C4)CC3)CC2)CC(C(=O)NCC2=C(C)CC(C)NC2=O)=C1C. The van der Waals surface area contributed by atoms with Gasteiger partial charge in [0.05, 0.1) is 57.9 Å². The molecule has 0 radical (unpaired) electrons. The Kier molecular flexibility index (Phi) is 24.2. The molecule has 78 heavy (non-hydrogen) atoms. The number of hydrogen-bond donors (Lipinski definition) is 4. The van der Waals surface area contributed by atoms with Gasteiger partial charge < -0.3 is 54.8 Å². The van der Waals surface area contributed by atoms with Crippen LogP contribution >= 0.6 is 0 Å². The van der Waals surface area contributed by atoms with Crippen molar-refractivity contribution in [3.05, 3.63) is 22.3 Å². The van der Waals surface area contributed by atoms with Crippen LogP contribution in [-0.2, 0) is 42.9 Å². The first-order chi connectivity index (χ1) is 37.9. The average molecular weight is 1090 g/mol. The number of rotatable bonds is 26. The Morgan fingerprint density at radius 1 is 0.782 bits per heavy atom. The largest absolute Gasteiger partial charge is 0.381 e. The zero-order valence-corrected chi connectivity index (χ0v) is 49.3. The average Bonchev–Trinajstić information content (AvgIpc) is 3.98. The van der Waals surface area contributed by atoms with E-state index in [2.05, 4.69) is 49.8 Å². The first kappa shape index (κ1) is 61.1. The van der Waals surface area contributed by atoms with E-state index in [-0.39, 0.29) is 66.4 Å². The number of ether oxygens (including phenoxy) is 5. The zero-order valence-electron chi connectivity index (χ0n) is 49.3. The highest BCUT2D eigenvalue weighted by Gasteiger charge is 2.45. The minimum Gasteiger partial charge on any atom is -0.381 e. The Balaban J connectivity index is 0.669. The van der Waals surface area contributed by atoms with Crippen molar-refractivity contribution in [2.75, 3.05) is 99.2 Å². The highest BCUT2D eigenvalue weighted by atomic mass is 16.6. The summed E-state index contributed by atoms with van der Waals surface area (Å²) in [6.07, 6.45) is 23.2. The molecule has 4 aliphatic heterocycles. The molecule has 7 unspecified atom stereocenters. The lowest BCUT2D eigenvalue weighted by molar-refractivity contribution is -0.140. The van der Waals surface area contributed by atoms with Crippen molar-refractivity contribution in [3.63, 3.8) is 0 Å². The van der Waals surface area contributed by atoms with E-state index >= 15 is 0 Å². The van der Waals surface area contributed by atoms with Crippen molar-refractivity contribution in [3.8, 4) is 0 Å². The van der Waals surface area contributed by atoms with Crippen molar-refractivity contribution in [2.45, 2.75) is 218 Å². The molecule has 4 aliphatic carbocycles. The van der Waals surface area contributed by atoms with Crippen LogP contribution in [0.3, 0.4) is 0 Å². The molecule has 7 atom stereocenters. The molecule has 8 rings (SSSR count). The molecule has 6 fully saturated rings. The van der Waals surface area contributed by atoms with Crippen molar-refractivity contribution in [1.82, 2.24) is 36.0 Å². The van der Waals surface area contributed by atoms with Gasteiger partial charge in [0, 0.05) is 68.2 Å². The number of likely N-dealkylation sites (tertiary alicyclic amines) is 2. The summed E-state index contributed by atoms with van der Waals surface area (Å²) >= 11 is 0. The summed E-state index contributed by atoms with van der Waals surface area (Å²) in [6.45, 7) is 20.6. The Morgan fingerprint density at radius 3 is 2.09 bits per heavy atom. The molecular formula is C62H105N7O9. The lowest BCUT2D eigenvalue weighted by Gasteiger charge is -2.46. The van der Waals surface area contributed by atoms with E-state index < -0.39 is 6.04 Å². The van der Waals surface area contributed by atoms with Gasteiger partial charge in [0.2, 0.25) is 23.6 Å². The van der Waals surface area contributed by atoms with Gasteiger partial charge in [0.1, 0.15) is 6.04 Å². The van der Waals surface area contributed by atoms with Gasteiger partial charge in [-0.2, -0.15) is 0 Å². The maximum absolute atomic E-state index is 14.3. The van der Waals surface area contributed by atoms with E-state index in [1.54, 1.807) is 7.05 Å². The van der Waals surface area contributed by atoms with Crippen molar-refractivity contribution in [1.29, 1.82) is 0 Å². The summed E-state index contributed by atoms with van der Waals surface area (Å²) in [5.74, 6) is 2.50. The number of carbonyl (C=O) groups is 4. The van der Waals surface area contributed by atoms with Crippen LogP contribution in [0.15, 0.2) is 22.3 Å². The molecule has 0 aromatic heterocycles. The van der Waals surface area contributed by atoms with Gasteiger partial charge in [-0.3, -0.25) is 24.1 Å². The maximum atomic E-state index is 14.3. The van der Waals surface area contributed by atoms with Crippen LogP contribution in [0.25, 0.3) is 0 Å². The van der Waals surface area contributed by atoms with Crippen LogP contribution in [0.4, 0.5) is 0 Å².